The van der Waals surface area contributed by atoms with Crippen LogP contribution < -0.4 is 10.1 Å². The maximum absolute atomic E-state index is 12.5. The van der Waals surface area contributed by atoms with Crippen molar-refractivity contribution in [2.45, 2.75) is 31.9 Å². The molecule has 1 fully saturated rings. The van der Waals surface area contributed by atoms with Crippen LogP contribution in [0.4, 0.5) is 14.5 Å². The van der Waals surface area contributed by atoms with Crippen molar-refractivity contribution in [2.75, 3.05) is 16.8 Å². The molecule has 1 N–H and O–H groups in total. The first-order valence-corrected chi connectivity index (χ1v) is 10.0. The second-order valence-corrected chi connectivity index (χ2v) is 8.40. The van der Waals surface area contributed by atoms with Crippen molar-refractivity contribution in [3.63, 3.8) is 0 Å². The maximum atomic E-state index is 12.5. The predicted octanol–water partition coefficient (Wildman–Crippen LogP) is 1.39. The van der Waals surface area contributed by atoms with Crippen LogP contribution in [0.2, 0.25) is 0 Å². The molecule has 2 aliphatic heterocycles. The largest absolute Gasteiger partial charge is 0.433 e. The summed E-state index contributed by atoms with van der Waals surface area (Å²) >= 11 is 0. The average molecular weight is 401 g/mol. The van der Waals surface area contributed by atoms with Crippen LogP contribution in [0, 0.1) is 0 Å². The molecule has 1 saturated heterocycles. The topological polar surface area (TPSA) is 105 Å². The smallest absolute Gasteiger partial charge is 0.387 e. The Kier molecular flexibility index (Phi) is 5.40. The molecular formula is C16H17F2N3O5S. The number of nitrogens with one attached hydrogen (secondary N) is 1. The molecule has 0 unspecified atom stereocenters. The zero-order chi connectivity index (χ0) is 19.6. The number of carbonyl (C=O) groups is 2. The van der Waals surface area contributed by atoms with Crippen LogP contribution >= 0.6 is 0 Å². The number of benzene rings is 1. The fourth-order valence-electron chi connectivity index (χ4n) is 2.95. The minimum absolute atomic E-state index is 0.0119. The third-order valence-corrected chi connectivity index (χ3v) is 5.98. The van der Waals surface area contributed by atoms with Gasteiger partial charge in [0.25, 0.3) is 5.91 Å². The Morgan fingerprint density at radius 3 is 2.70 bits per heavy atom. The fraction of sp³-hybridized carbons (Fsp3) is 0.438. The first kappa shape index (κ1) is 19.2. The lowest BCUT2D eigenvalue weighted by molar-refractivity contribution is -0.133. The summed E-state index contributed by atoms with van der Waals surface area (Å²) in [6.45, 7) is -3.05. The van der Waals surface area contributed by atoms with Crippen LogP contribution in [0.25, 0.3) is 0 Å². The van der Waals surface area contributed by atoms with E-state index in [-0.39, 0.29) is 53.8 Å². The van der Waals surface area contributed by atoms with Gasteiger partial charge < -0.3 is 10.1 Å². The lowest BCUT2D eigenvalue weighted by atomic mass is 10.1. The zero-order valence-corrected chi connectivity index (χ0v) is 14.9. The number of rotatable bonds is 5. The van der Waals surface area contributed by atoms with E-state index in [4.69, 9.17) is 0 Å². The van der Waals surface area contributed by atoms with Crippen molar-refractivity contribution in [3.8, 4) is 5.75 Å². The highest BCUT2D eigenvalue weighted by Crippen LogP contribution is 2.26. The molecule has 3 rings (SSSR count). The van der Waals surface area contributed by atoms with Crippen molar-refractivity contribution >= 4 is 33.1 Å². The summed E-state index contributed by atoms with van der Waals surface area (Å²) in [6.07, 6.45) is 0.341. The second kappa shape index (κ2) is 7.59. The van der Waals surface area contributed by atoms with E-state index >= 15 is 0 Å². The van der Waals surface area contributed by atoms with Gasteiger partial charge in [0, 0.05) is 12.8 Å². The van der Waals surface area contributed by atoms with Gasteiger partial charge >= 0.3 is 6.61 Å². The average Bonchev–Trinajstić information content (AvgIpc) is 2.96. The minimum Gasteiger partial charge on any atom is -0.433 e. The Morgan fingerprint density at radius 2 is 2.04 bits per heavy atom. The zero-order valence-electron chi connectivity index (χ0n) is 14.1. The summed E-state index contributed by atoms with van der Waals surface area (Å²) in [5, 5.41) is 7.54. The van der Waals surface area contributed by atoms with Crippen molar-refractivity contribution in [3.05, 3.63) is 24.3 Å². The molecule has 0 spiro atoms. The van der Waals surface area contributed by atoms with Gasteiger partial charge in [-0.05, 0) is 18.6 Å². The maximum Gasteiger partial charge on any atom is 0.387 e. The Balaban J connectivity index is 1.77. The van der Waals surface area contributed by atoms with Crippen LogP contribution in [0.5, 0.6) is 5.75 Å². The Morgan fingerprint density at radius 1 is 1.30 bits per heavy atom. The molecule has 27 heavy (non-hydrogen) atoms. The lowest BCUT2D eigenvalue weighted by Crippen LogP contribution is -2.42. The van der Waals surface area contributed by atoms with Crippen molar-refractivity contribution in [1.29, 1.82) is 0 Å². The molecule has 1 atom stereocenters. The number of ether oxygens (including phenoxy) is 1. The first-order valence-electron chi connectivity index (χ1n) is 8.20. The number of hydrogen-bond donors (Lipinski definition) is 1. The van der Waals surface area contributed by atoms with Crippen LogP contribution in [-0.2, 0) is 19.4 Å². The van der Waals surface area contributed by atoms with Gasteiger partial charge in [-0.15, -0.1) is 0 Å². The number of anilines is 1. The normalized spacial score (nSPS) is 21.9. The number of alkyl halides is 2. The number of nitrogens with zero attached hydrogens (tertiary/aromatic N) is 2. The van der Waals surface area contributed by atoms with Crippen LogP contribution in [0.1, 0.15) is 19.3 Å². The van der Waals surface area contributed by atoms with Gasteiger partial charge in [-0.1, -0.05) is 12.1 Å². The summed E-state index contributed by atoms with van der Waals surface area (Å²) in [7, 11) is -3.22. The number of hydrazone groups is 1. The number of hydrogen-bond acceptors (Lipinski definition) is 6. The van der Waals surface area contributed by atoms with E-state index in [1.165, 1.54) is 24.3 Å². The third kappa shape index (κ3) is 4.59. The van der Waals surface area contributed by atoms with Gasteiger partial charge in [0.1, 0.15) is 11.5 Å². The predicted molar refractivity (Wildman–Crippen MR) is 92.3 cm³/mol. The first-order chi connectivity index (χ1) is 12.7. The van der Waals surface area contributed by atoms with E-state index in [2.05, 4.69) is 15.2 Å². The van der Waals surface area contributed by atoms with E-state index in [0.717, 1.165) is 5.01 Å². The lowest BCUT2D eigenvalue weighted by Gasteiger charge is -2.27. The Bertz CT molecular complexity index is 888. The van der Waals surface area contributed by atoms with Crippen LogP contribution in [0.15, 0.2) is 29.4 Å². The molecule has 8 nitrogen and oxygen atoms in total. The molecule has 11 heteroatoms. The van der Waals surface area contributed by atoms with Crippen molar-refractivity contribution < 1.29 is 31.5 Å². The summed E-state index contributed by atoms with van der Waals surface area (Å²) in [5.74, 6) is -1.44. The third-order valence-electron chi connectivity index (χ3n) is 4.23. The standard InChI is InChI=1S/C16H17F2N3O5S/c17-16(18)26-13-4-2-1-3-11(13)19-15(23)12-5-6-14(22)21(20-12)10-7-8-27(24,25)9-10/h1-4,10,16H,5-9H2,(H,19,23)/t10-/m0/s1. The molecular weight excluding hydrogens is 384 g/mol. The molecule has 0 bridgehead atoms. The summed E-state index contributed by atoms with van der Waals surface area (Å²) < 4.78 is 52.6. The van der Waals surface area contributed by atoms with Gasteiger partial charge in [0.2, 0.25) is 5.91 Å². The Labute approximate surface area is 154 Å². The highest BCUT2D eigenvalue weighted by atomic mass is 32.2. The van der Waals surface area contributed by atoms with Crippen LogP contribution in [0.3, 0.4) is 0 Å². The molecule has 0 aliphatic carbocycles. The van der Waals surface area contributed by atoms with E-state index in [1.54, 1.807) is 0 Å². The molecule has 2 amide bonds. The SMILES string of the molecule is O=C(Nc1ccccc1OC(F)F)C1=NN([C@H]2CCS(=O)(=O)C2)C(=O)CC1. The molecule has 0 radical (unpaired) electrons. The highest BCUT2D eigenvalue weighted by molar-refractivity contribution is 7.91. The van der Waals surface area contributed by atoms with Crippen LogP contribution in [-0.4, -0.2) is 55.1 Å². The van der Waals surface area contributed by atoms with E-state index in [1.807, 2.05) is 0 Å². The summed E-state index contributed by atoms with van der Waals surface area (Å²) in [5.41, 5.74) is 0.0585. The highest BCUT2D eigenvalue weighted by Gasteiger charge is 2.37. The molecule has 2 heterocycles. The van der Waals surface area contributed by atoms with Gasteiger partial charge in [-0.2, -0.15) is 13.9 Å². The Hall–Kier alpha value is -2.56. The molecule has 146 valence electrons. The monoisotopic (exact) mass is 401 g/mol. The molecule has 2 aliphatic rings. The van der Waals surface area contributed by atoms with Gasteiger partial charge in [-0.3, -0.25) is 9.59 Å². The van der Waals surface area contributed by atoms with E-state index in [9.17, 15) is 26.8 Å². The molecule has 1 aromatic rings. The van der Waals surface area contributed by atoms with Gasteiger partial charge in [0.05, 0.1) is 23.2 Å². The summed E-state index contributed by atoms with van der Waals surface area (Å²) in [6, 6.07) is 5.09. The summed E-state index contributed by atoms with van der Waals surface area (Å²) in [4.78, 5) is 24.5. The van der Waals surface area contributed by atoms with E-state index < -0.39 is 28.4 Å². The molecule has 0 aromatic heterocycles. The number of carbonyl (C=O) groups excluding carboxylic acids is 2. The number of para-hydroxylation sites is 2. The van der Waals surface area contributed by atoms with Gasteiger partial charge in [0.15, 0.2) is 9.84 Å². The quantitative estimate of drug-likeness (QED) is 0.803. The van der Waals surface area contributed by atoms with Crippen molar-refractivity contribution in [2.24, 2.45) is 5.10 Å². The number of sulfone groups is 1. The van der Waals surface area contributed by atoms with Gasteiger partial charge in [-0.25, -0.2) is 13.4 Å². The second-order valence-electron chi connectivity index (χ2n) is 6.17. The fourth-order valence-corrected chi connectivity index (χ4v) is 4.64. The molecule has 1 aromatic carbocycles. The van der Waals surface area contributed by atoms with E-state index in [0.29, 0.717) is 0 Å². The minimum atomic E-state index is -3.22. The number of halogens is 2. The van der Waals surface area contributed by atoms with Crippen molar-refractivity contribution in [1.82, 2.24) is 5.01 Å². The number of amides is 2. The molecule has 0 saturated carbocycles.